The summed E-state index contributed by atoms with van der Waals surface area (Å²) < 4.78 is 0. The van der Waals surface area contributed by atoms with Gasteiger partial charge < -0.3 is 10.3 Å². The number of hydrogen-bond acceptors (Lipinski definition) is 5. The maximum Gasteiger partial charge on any atom is 0.257 e. The van der Waals surface area contributed by atoms with Crippen LogP contribution in [0.2, 0.25) is 0 Å². The van der Waals surface area contributed by atoms with E-state index in [1.807, 2.05) is 18.2 Å². The number of carbonyl (C=O) groups excluding carboxylic acids is 1. The number of nitrogens with one attached hydrogen (secondary N) is 1. The molecule has 0 aliphatic heterocycles. The van der Waals surface area contributed by atoms with Crippen LogP contribution in [0.25, 0.3) is 0 Å². The van der Waals surface area contributed by atoms with Crippen molar-refractivity contribution in [2.75, 3.05) is 12.5 Å². The third kappa shape index (κ3) is 3.05. The van der Waals surface area contributed by atoms with Crippen LogP contribution < -0.4 is 11.3 Å². The molecule has 0 atom stereocenters. The minimum Gasteiger partial charge on any atom is -0.336 e. The van der Waals surface area contributed by atoms with Crippen molar-refractivity contribution in [1.29, 1.82) is 0 Å². The maximum atomic E-state index is 12.3. The van der Waals surface area contributed by atoms with E-state index in [1.165, 1.54) is 0 Å². The number of anilines is 1. The first-order valence-electron chi connectivity index (χ1n) is 5.79. The van der Waals surface area contributed by atoms with Gasteiger partial charge in [-0.1, -0.05) is 6.07 Å². The summed E-state index contributed by atoms with van der Waals surface area (Å²) >= 11 is 0. The second-order valence-corrected chi connectivity index (χ2v) is 4.03. The number of amides is 1. The molecule has 6 heteroatoms. The summed E-state index contributed by atoms with van der Waals surface area (Å²) in [4.78, 5) is 22.1. The molecule has 6 nitrogen and oxygen atoms in total. The zero-order valence-electron chi connectivity index (χ0n) is 10.6. The molecule has 2 heterocycles. The van der Waals surface area contributed by atoms with Gasteiger partial charge >= 0.3 is 0 Å². The van der Waals surface area contributed by atoms with Gasteiger partial charge in [0.1, 0.15) is 0 Å². The van der Waals surface area contributed by atoms with Gasteiger partial charge in [-0.3, -0.25) is 9.78 Å². The van der Waals surface area contributed by atoms with E-state index in [0.29, 0.717) is 17.9 Å². The Labute approximate surface area is 111 Å². The van der Waals surface area contributed by atoms with E-state index < -0.39 is 0 Å². The molecule has 3 N–H and O–H groups in total. The van der Waals surface area contributed by atoms with Crippen LogP contribution in [0.4, 0.5) is 5.82 Å². The summed E-state index contributed by atoms with van der Waals surface area (Å²) in [6, 6.07) is 8.97. The van der Waals surface area contributed by atoms with Crippen molar-refractivity contribution in [3.05, 3.63) is 54.0 Å². The molecule has 0 fully saturated rings. The first kappa shape index (κ1) is 13.0. The lowest BCUT2D eigenvalue weighted by Crippen LogP contribution is -2.28. The highest BCUT2D eigenvalue weighted by molar-refractivity contribution is 5.98. The van der Waals surface area contributed by atoms with Crippen LogP contribution in [-0.2, 0) is 6.54 Å². The predicted octanol–water partition coefficient (Wildman–Crippen LogP) is 1.03. The lowest BCUT2D eigenvalue weighted by atomic mass is 10.2. The minimum absolute atomic E-state index is 0.160. The van der Waals surface area contributed by atoms with E-state index in [1.54, 1.807) is 36.5 Å². The lowest BCUT2D eigenvalue weighted by Gasteiger charge is -2.17. The van der Waals surface area contributed by atoms with E-state index in [4.69, 9.17) is 5.84 Å². The van der Waals surface area contributed by atoms with Crippen LogP contribution in [0.1, 0.15) is 16.1 Å². The van der Waals surface area contributed by atoms with E-state index in [2.05, 4.69) is 15.4 Å². The summed E-state index contributed by atoms with van der Waals surface area (Å²) in [7, 11) is 1.71. The number of pyridine rings is 2. The molecule has 0 aromatic carbocycles. The monoisotopic (exact) mass is 257 g/mol. The number of rotatable bonds is 4. The molecule has 0 unspecified atom stereocenters. The van der Waals surface area contributed by atoms with Crippen molar-refractivity contribution in [1.82, 2.24) is 14.9 Å². The van der Waals surface area contributed by atoms with Crippen molar-refractivity contribution >= 4 is 11.7 Å². The van der Waals surface area contributed by atoms with Gasteiger partial charge in [0.15, 0.2) is 5.82 Å². The molecular formula is C13H15N5O. The summed E-state index contributed by atoms with van der Waals surface area (Å²) in [5, 5.41) is 0. The van der Waals surface area contributed by atoms with Crippen molar-refractivity contribution in [2.45, 2.75) is 6.54 Å². The van der Waals surface area contributed by atoms with Crippen LogP contribution >= 0.6 is 0 Å². The predicted molar refractivity (Wildman–Crippen MR) is 72.1 cm³/mol. The Hall–Kier alpha value is -2.47. The molecule has 0 radical (unpaired) electrons. The average molecular weight is 257 g/mol. The van der Waals surface area contributed by atoms with E-state index in [0.717, 1.165) is 5.69 Å². The molecule has 1 amide bonds. The first-order valence-corrected chi connectivity index (χ1v) is 5.79. The van der Waals surface area contributed by atoms with Gasteiger partial charge in [0, 0.05) is 19.4 Å². The van der Waals surface area contributed by atoms with Crippen molar-refractivity contribution in [3.8, 4) is 0 Å². The topological polar surface area (TPSA) is 84.1 Å². The van der Waals surface area contributed by atoms with E-state index in [-0.39, 0.29) is 5.91 Å². The van der Waals surface area contributed by atoms with Crippen LogP contribution in [0.3, 0.4) is 0 Å². The average Bonchev–Trinajstić information content (AvgIpc) is 2.47. The standard InChI is InChI=1S/C13H15N5O/c1-18(9-10-5-2-3-7-15-10)13(19)11-6-4-8-16-12(11)17-14/h2-8H,9,14H2,1H3,(H,16,17). The fourth-order valence-corrected chi connectivity index (χ4v) is 1.70. The maximum absolute atomic E-state index is 12.3. The second-order valence-electron chi connectivity index (χ2n) is 4.03. The Kier molecular flexibility index (Phi) is 4.04. The van der Waals surface area contributed by atoms with Crippen molar-refractivity contribution < 1.29 is 4.79 Å². The molecular weight excluding hydrogens is 242 g/mol. The molecule has 2 aromatic heterocycles. The Morgan fingerprint density at radius 1 is 1.26 bits per heavy atom. The van der Waals surface area contributed by atoms with Crippen LogP contribution in [0.5, 0.6) is 0 Å². The van der Waals surface area contributed by atoms with Crippen LogP contribution in [0.15, 0.2) is 42.7 Å². The first-order chi connectivity index (χ1) is 9.22. The van der Waals surface area contributed by atoms with Gasteiger partial charge in [-0.15, -0.1) is 0 Å². The SMILES string of the molecule is CN(Cc1ccccn1)C(=O)c1cccnc1NN. The van der Waals surface area contributed by atoms with Gasteiger partial charge in [0.2, 0.25) is 0 Å². The Bertz CT molecular complexity index is 558. The lowest BCUT2D eigenvalue weighted by molar-refractivity contribution is 0.0784. The minimum atomic E-state index is -0.160. The molecule has 19 heavy (non-hydrogen) atoms. The van der Waals surface area contributed by atoms with Gasteiger partial charge in [0.05, 0.1) is 17.8 Å². The van der Waals surface area contributed by atoms with Crippen molar-refractivity contribution in [2.24, 2.45) is 5.84 Å². The molecule has 0 saturated carbocycles. The Morgan fingerprint density at radius 3 is 2.74 bits per heavy atom. The normalized spacial score (nSPS) is 10.0. The summed E-state index contributed by atoms with van der Waals surface area (Å²) in [6.07, 6.45) is 3.27. The molecule has 0 saturated heterocycles. The summed E-state index contributed by atoms with van der Waals surface area (Å²) in [5.41, 5.74) is 3.68. The number of nitrogen functional groups attached to an aromatic ring is 1. The molecule has 2 aromatic rings. The number of hydrogen-bond donors (Lipinski definition) is 2. The molecule has 0 aliphatic rings. The quantitative estimate of drug-likeness (QED) is 0.631. The molecule has 0 spiro atoms. The molecule has 98 valence electrons. The van der Waals surface area contributed by atoms with Gasteiger partial charge in [-0.2, -0.15) is 0 Å². The number of nitrogens with two attached hydrogens (primary N) is 1. The van der Waals surface area contributed by atoms with Gasteiger partial charge in [0.25, 0.3) is 5.91 Å². The second kappa shape index (κ2) is 5.92. The fraction of sp³-hybridized carbons (Fsp3) is 0.154. The molecule has 2 rings (SSSR count). The molecule has 0 aliphatic carbocycles. The number of carbonyl (C=O) groups is 1. The van der Waals surface area contributed by atoms with Crippen molar-refractivity contribution in [3.63, 3.8) is 0 Å². The zero-order chi connectivity index (χ0) is 13.7. The summed E-state index contributed by atoms with van der Waals surface area (Å²) in [5.74, 6) is 5.55. The largest absolute Gasteiger partial charge is 0.336 e. The number of hydrazine groups is 1. The smallest absolute Gasteiger partial charge is 0.257 e. The third-order valence-corrected chi connectivity index (χ3v) is 2.65. The van der Waals surface area contributed by atoms with Crippen LogP contribution in [-0.4, -0.2) is 27.8 Å². The third-order valence-electron chi connectivity index (χ3n) is 2.65. The van der Waals surface area contributed by atoms with Gasteiger partial charge in [-0.05, 0) is 24.3 Å². The summed E-state index contributed by atoms with van der Waals surface area (Å²) in [6.45, 7) is 0.429. The highest BCUT2D eigenvalue weighted by atomic mass is 16.2. The number of aromatic nitrogens is 2. The van der Waals surface area contributed by atoms with E-state index >= 15 is 0 Å². The van der Waals surface area contributed by atoms with Gasteiger partial charge in [-0.25, -0.2) is 10.8 Å². The number of nitrogens with zero attached hydrogens (tertiary/aromatic N) is 3. The zero-order valence-corrected chi connectivity index (χ0v) is 10.6. The highest BCUT2D eigenvalue weighted by Crippen LogP contribution is 2.13. The molecule has 0 bridgehead atoms. The van der Waals surface area contributed by atoms with Crippen LogP contribution in [0, 0.1) is 0 Å². The fourth-order valence-electron chi connectivity index (χ4n) is 1.70. The Balaban J connectivity index is 2.15. The Morgan fingerprint density at radius 2 is 2.05 bits per heavy atom. The van der Waals surface area contributed by atoms with E-state index in [9.17, 15) is 4.79 Å². The highest BCUT2D eigenvalue weighted by Gasteiger charge is 2.16.